The largest absolute Gasteiger partial charge is 0.444 e. The molecule has 0 radical (unpaired) electrons. The number of carbonyl (C=O) groups is 1. The van der Waals surface area contributed by atoms with E-state index in [2.05, 4.69) is 6.92 Å². The maximum Gasteiger partial charge on any atom is 0.194 e. The Labute approximate surface area is 98.8 Å². The van der Waals surface area contributed by atoms with Crippen LogP contribution in [0.5, 0.6) is 0 Å². The van der Waals surface area contributed by atoms with Crippen molar-refractivity contribution >= 4 is 17.9 Å². The quantitative estimate of drug-likeness (QED) is 0.752. The molecule has 2 nitrogen and oxygen atoms in total. The minimum Gasteiger partial charge on any atom is -0.444 e. The smallest absolute Gasteiger partial charge is 0.194 e. The fourth-order valence-corrected chi connectivity index (χ4v) is 1.77. The molecule has 0 aliphatic heterocycles. The van der Waals surface area contributed by atoms with E-state index in [9.17, 15) is 4.79 Å². The fraction of sp³-hybridized carbons (Fsp3) is 0.154. The molecule has 0 spiro atoms. The zero-order valence-corrected chi connectivity index (χ0v) is 9.62. The number of hydrogen-bond acceptors (Lipinski definition) is 2. The molecule has 0 saturated heterocycles. The standard InChI is InChI=1S/C13H11ClO2/c1-2-9-3-5-10(6-4-9)13-11(8-15)7-12(14)16-13/h3-8H,2H2,1H3. The van der Waals surface area contributed by atoms with E-state index >= 15 is 0 Å². The number of furan rings is 1. The molecule has 0 saturated carbocycles. The zero-order valence-electron chi connectivity index (χ0n) is 8.87. The van der Waals surface area contributed by atoms with Crippen molar-refractivity contribution in [2.75, 3.05) is 0 Å². The molecule has 82 valence electrons. The Morgan fingerprint density at radius 1 is 1.31 bits per heavy atom. The third-order valence-corrected chi connectivity index (χ3v) is 2.67. The van der Waals surface area contributed by atoms with E-state index in [4.69, 9.17) is 16.0 Å². The lowest BCUT2D eigenvalue weighted by Gasteiger charge is -2.00. The second kappa shape index (κ2) is 4.54. The molecule has 1 aromatic heterocycles. The maximum absolute atomic E-state index is 10.8. The molecule has 2 rings (SSSR count). The molecule has 0 atom stereocenters. The van der Waals surface area contributed by atoms with Gasteiger partial charge in [-0.05, 0) is 23.6 Å². The van der Waals surface area contributed by atoms with Gasteiger partial charge in [0.2, 0.25) is 0 Å². The van der Waals surface area contributed by atoms with Crippen LogP contribution in [0.2, 0.25) is 5.22 Å². The van der Waals surface area contributed by atoms with Gasteiger partial charge in [-0.15, -0.1) is 0 Å². The highest BCUT2D eigenvalue weighted by atomic mass is 35.5. The first-order chi connectivity index (χ1) is 7.74. The van der Waals surface area contributed by atoms with E-state index in [1.807, 2.05) is 24.3 Å². The average molecular weight is 235 g/mol. The molecule has 2 aromatic rings. The van der Waals surface area contributed by atoms with Crippen LogP contribution in [-0.2, 0) is 6.42 Å². The molecule has 0 aliphatic carbocycles. The zero-order chi connectivity index (χ0) is 11.5. The summed E-state index contributed by atoms with van der Waals surface area (Å²) >= 11 is 5.73. The molecule has 3 heteroatoms. The monoisotopic (exact) mass is 234 g/mol. The second-order valence-corrected chi connectivity index (χ2v) is 3.88. The molecule has 0 amide bonds. The van der Waals surface area contributed by atoms with Gasteiger partial charge in [0.25, 0.3) is 0 Å². The number of carbonyl (C=O) groups excluding carboxylic acids is 1. The first-order valence-electron chi connectivity index (χ1n) is 5.08. The Morgan fingerprint density at radius 2 is 2.00 bits per heavy atom. The van der Waals surface area contributed by atoms with Gasteiger partial charge in [0.1, 0.15) is 5.76 Å². The number of rotatable bonds is 3. The van der Waals surface area contributed by atoms with Crippen LogP contribution in [0.4, 0.5) is 0 Å². The topological polar surface area (TPSA) is 30.2 Å². The molecular weight excluding hydrogens is 224 g/mol. The highest BCUT2D eigenvalue weighted by Gasteiger charge is 2.11. The van der Waals surface area contributed by atoms with Crippen molar-refractivity contribution in [2.24, 2.45) is 0 Å². The van der Waals surface area contributed by atoms with Gasteiger partial charge in [0, 0.05) is 11.6 Å². The van der Waals surface area contributed by atoms with E-state index in [0.29, 0.717) is 11.3 Å². The molecule has 0 fully saturated rings. The Kier molecular flexibility index (Phi) is 3.11. The predicted molar refractivity (Wildman–Crippen MR) is 63.9 cm³/mol. The van der Waals surface area contributed by atoms with E-state index in [1.54, 1.807) is 0 Å². The van der Waals surface area contributed by atoms with Gasteiger partial charge in [-0.3, -0.25) is 4.79 Å². The van der Waals surface area contributed by atoms with Crippen molar-refractivity contribution in [3.05, 3.63) is 46.7 Å². The molecule has 0 bridgehead atoms. The number of hydrogen-bond donors (Lipinski definition) is 0. The summed E-state index contributed by atoms with van der Waals surface area (Å²) in [5.74, 6) is 0.530. The molecule has 1 aromatic carbocycles. The molecule has 0 N–H and O–H groups in total. The summed E-state index contributed by atoms with van der Waals surface area (Å²) in [4.78, 5) is 10.8. The lowest BCUT2D eigenvalue weighted by molar-refractivity contribution is 0.112. The third-order valence-electron chi connectivity index (χ3n) is 2.48. The highest BCUT2D eigenvalue weighted by Crippen LogP contribution is 2.28. The molecule has 16 heavy (non-hydrogen) atoms. The predicted octanol–water partition coefficient (Wildman–Crippen LogP) is 3.97. The van der Waals surface area contributed by atoms with Gasteiger partial charge >= 0.3 is 0 Å². The first-order valence-corrected chi connectivity index (χ1v) is 5.46. The normalized spacial score (nSPS) is 10.4. The summed E-state index contributed by atoms with van der Waals surface area (Å²) in [5.41, 5.74) is 2.59. The Balaban J connectivity index is 2.45. The summed E-state index contributed by atoms with van der Waals surface area (Å²) in [6.07, 6.45) is 1.73. The van der Waals surface area contributed by atoms with Crippen molar-refractivity contribution in [3.8, 4) is 11.3 Å². The van der Waals surface area contributed by atoms with E-state index in [-0.39, 0.29) is 5.22 Å². The summed E-state index contributed by atoms with van der Waals surface area (Å²) in [7, 11) is 0. The number of aryl methyl sites for hydroxylation is 1. The second-order valence-electron chi connectivity index (χ2n) is 3.50. The van der Waals surface area contributed by atoms with Crippen LogP contribution in [0.3, 0.4) is 0 Å². The average Bonchev–Trinajstić information content (AvgIpc) is 2.70. The van der Waals surface area contributed by atoms with Gasteiger partial charge in [-0.1, -0.05) is 31.2 Å². The summed E-state index contributed by atoms with van der Waals surface area (Å²) in [5, 5.41) is 0.233. The van der Waals surface area contributed by atoms with Crippen LogP contribution < -0.4 is 0 Å². The van der Waals surface area contributed by atoms with Crippen molar-refractivity contribution in [2.45, 2.75) is 13.3 Å². The highest BCUT2D eigenvalue weighted by molar-refractivity contribution is 6.29. The van der Waals surface area contributed by atoms with Crippen LogP contribution in [0.25, 0.3) is 11.3 Å². The molecule has 0 unspecified atom stereocenters. The van der Waals surface area contributed by atoms with Gasteiger partial charge in [0.05, 0.1) is 5.56 Å². The van der Waals surface area contributed by atoms with Crippen LogP contribution in [-0.4, -0.2) is 6.29 Å². The van der Waals surface area contributed by atoms with E-state index in [0.717, 1.165) is 18.3 Å². The number of benzene rings is 1. The summed E-state index contributed by atoms with van der Waals surface area (Å²) < 4.78 is 5.30. The molecule has 1 heterocycles. The van der Waals surface area contributed by atoms with Gasteiger partial charge in [0.15, 0.2) is 11.5 Å². The van der Waals surface area contributed by atoms with Gasteiger partial charge < -0.3 is 4.42 Å². The molecule has 0 aliphatic rings. The van der Waals surface area contributed by atoms with E-state index < -0.39 is 0 Å². The van der Waals surface area contributed by atoms with Crippen molar-refractivity contribution in [1.82, 2.24) is 0 Å². The summed E-state index contributed by atoms with van der Waals surface area (Å²) in [6.45, 7) is 2.09. The van der Waals surface area contributed by atoms with Crippen molar-refractivity contribution < 1.29 is 9.21 Å². The maximum atomic E-state index is 10.8. The SMILES string of the molecule is CCc1ccc(-c2oc(Cl)cc2C=O)cc1. The Bertz CT molecular complexity index is 497. The minimum absolute atomic E-state index is 0.233. The molecular formula is C13H11ClO2. The fourth-order valence-electron chi connectivity index (χ4n) is 1.58. The third kappa shape index (κ3) is 2.02. The van der Waals surface area contributed by atoms with E-state index in [1.165, 1.54) is 11.6 Å². The number of aldehydes is 1. The lowest BCUT2D eigenvalue weighted by Crippen LogP contribution is -1.83. The van der Waals surface area contributed by atoms with Crippen LogP contribution in [0, 0.1) is 0 Å². The van der Waals surface area contributed by atoms with Crippen molar-refractivity contribution in [3.63, 3.8) is 0 Å². The number of halogens is 1. The lowest BCUT2D eigenvalue weighted by atomic mass is 10.1. The Morgan fingerprint density at radius 3 is 2.56 bits per heavy atom. The van der Waals surface area contributed by atoms with Gasteiger partial charge in [-0.25, -0.2) is 0 Å². The van der Waals surface area contributed by atoms with Crippen LogP contribution >= 0.6 is 11.6 Å². The Hall–Kier alpha value is -1.54. The summed E-state index contributed by atoms with van der Waals surface area (Å²) in [6, 6.07) is 9.42. The van der Waals surface area contributed by atoms with Gasteiger partial charge in [-0.2, -0.15) is 0 Å². The van der Waals surface area contributed by atoms with Crippen LogP contribution in [0.15, 0.2) is 34.7 Å². The van der Waals surface area contributed by atoms with Crippen LogP contribution in [0.1, 0.15) is 22.8 Å². The minimum atomic E-state index is 0.233. The van der Waals surface area contributed by atoms with Crippen molar-refractivity contribution in [1.29, 1.82) is 0 Å². The first kappa shape index (κ1) is 11.0.